The van der Waals surface area contributed by atoms with Gasteiger partial charge >= 0.3 is 0 Å². The van der Waals surface area contributed by atoms with Crippen LogP contribution < -0.4 is 10.6 Å². The first-order valence-electron chi connectivity index (χ1n) is 6.33. The van der Waals surface area contributed by atoms with Crippen molar-refractivity contribution in [3.05, 3.63) is 27.9 Å². The summed E-state index contributed by atoms with van der Waals surface area (Å²) in [5, 5.41) is 22.4. The van der Waals surface area contributed by atoms with Crippen LogP contribution in [0, 0.1) is 10.1 Å². The summed E-state index contributed by atoms with van der Waals surface area (Å²) in [5.74, 6) is 0.0601. The molecule has 0 atom stereocenters. The molecule has 0 saturated carbocycles. The molecule has 3 N–H and O–H groups in total. The lowest BCUT2D eigenvalue weighted by Gasteiger charge is -2.19. The first-order valence-corrected chi connectivity index (χ1v) is 6.33. The number of likely N-dealkylation sites (N-methyl/N-ethyl adjacent to an activating group) is 1. The molecule has 0 aromatic carbocycles. The highest BCUT2D eigenvalue weighted by Crippen LogP contribution is 2.20. The molecule has 0 radical (unpaired) electrons. The monoisotopic (exact) mass is 297 g/mol. The Hall–Kier alpha value is -2.42. The van der Waals surface area contributed by atoms with Crippen LogP contribution in [-0.2, 0) is 4.74 Å². The molecule has 21 heavy (non-hydrogen) atoms. The number of nitrogens with zero attached hydrogens (tertiary/aromatic N) is 4. The smallest absolute Gasteiger partial charge is 0.298 e. The zero-order valence-corrected chi connectivity index (χ0v) is 12.2. The van der Waals surface area contributed by atoms with Gasteiger partial charge in [0.1, 0.15) is 5.82 Å². The maximum absolute atomic E-state index is 10.9. The maximum atomic E-state index is 10.9. The molecule has 116 valence electrons. The quantitative estimate of drug-likeness (QED) is 0.252. The van der Waals surface area contributed by atoms with Crippen LogP contribution in [0.3, 0.4) is 0 Å². The van der Waals surface area contributed by atoms with E-state index in [2.05, 4.69) is 10.1 Å². The number of oxime groups is 1. The van der Waals surface area contributed by atoms with Gasteiger partial charge in [0.05, 0.1) is 17.6 Å². The van der Waals surface area contributed by atoms with Gasteiger partial charge in [-0.05, 0) is 19.9 Å². The van der Waals surface area contributed by atoms with Gasteiger partial charge in [-0.15, -0.1) is 0 Å². The van der Waals surface area contributed by atoms with E-state index in [4.69, 9.17) is 15.7 Å². The molecule has 9 heteroatoms. The van der Waals surface area contributed by atoms with Crippen LogP contribution in [-0.4, -0.2) is 47.3 Å². The first-order chi connectivity index (χ1) is 9.86. The van der Waals surface area contributed by atoms with Crippen molar-refractivity contribution in [2.75, 3.05) is 25.1 Å². The Morgan fingerprint density at radius 1 is 1.62 bits per heavy atom. The highest BCUT2D eigenvalue weighted by atomic mass is 16.6. The van der Waals surface area contributed by atoms with E-state index in [9.17, 15) is 10.1 Å². The molecule has 1 aromatic heterocycles. The second kappa shape index (κ2) is 7.39. The zero-order chi connectivity index (χ0) is 16.0. The molecule has 1 aromatic rings. The lowest BCUT2D eigenvalue weighted by molar-refractivity contribution is -0.385. The third-order valence-corrected chi connectivity index (χ3v) is 2.68. The minimum atomic E-state index is -0.633. The number of nitro groups is 1. The molecule has 0 bridgehead atoms. The Bertz CT molecular complexity index is 532. The summed E-state index contributed by atoms with van der Waals surface area (Å²) in [6, 6.07) is 2.77. The minimum absolute atomic E-state index is 0.121. The van der Waals surface area contributed by atoms with Gasteiger partial charge in [-0.25, -0.2) is 4.98 Å². The van der Waals surface area contributed by atoms with Gasteiger partial charge in [0.25, 0.3) is 5.69 Å². The number of rotatable bonds is 7. The van der Waals surface area contributed by atoms with E-state index in [0.29, 0.717) is 19.0 Å². The SMILES string of the molecule is CC(C)OCCN(C)c1ccc([N+](=O)[O-])c(/C(N)=N/O)n1. The van der Waals surface area contributed by atoms with Gasteiger partial charge in [0.15, 0.2) is 11.5 Å². The van der Waals surface area contributed by atoms with Crippen LogP contribution in [0.4, 0.5) is 11.5 Å². The van der Waals surface area contributed by atoms with E-state index in [0.717, 1.165) is 0 Å². The van der Waals surface area contributed by atoms with Crippen LogP contribution in [0.25, 0.3) is 0 Å². The highest BCUT2D eigenvalue weighted by Gasteiger charge is 2.20. The number of anilines is 1. The summed E-state index contributed by atoms with van der Waals surface area (Å²) >= 11 is 0. The molecule has 9 nitrogen and oxygen atoms in total. The van der Waals surface area contributed by atoms with Crippen molar-refractivity contribution >= 4 is 17.3 Å². The van der Waals surface area contributed by atoms with Gasteiger partial charge in [0, 0.05) is 19.7 Å². The van der Waals surface area contributed by atoms with E-state index < -0.39 is 10.8 Å². The van der Waals surface area contributed by atoms with E-state index in [1.165, 1.54) is 12.1 Å². The van der Waals surface area contributed by atoms with Crippen LogP contribution >= 0.6 is 0 Å². The van der Waals surface area contributed by atoms with E-state index in [1.54, 1.807) is 11.9 Å². The summed E-state index contributed by atoms with van der Waals surface area (Å²) in [7, 11) is 1.77. The molecule has 0 unspecified atom stereocenters. The third-order valence-electron chi connectivity index (χ3n) is 2.68. The van der Waals surface area contributed by atoms with Crippen molar-refractivity contribution < 1.29 is 14.9 Å². The second-order valence-corrected chi connectivity index (χ2v) is 4.62. The molecule has 1 rings (SSSR count). The number of nitrogens with two attached hydrogens (primary N) is 1. The predicted octanol–water partition coefficient (Wildman–Crippen LogP) is 0.946. The first kappa shape index (κ1) is 16.6. The fourth-order valence-corrected chi connectivity index (χ4v) is 1.58. The van der Waals surface area contributed by atoms with Crippen LogP contribution in [0.1, 0.15) is 19.5 Å². The van der Waals surface area contributed by atoms with Crippen molar-refractivity contribution in [3.63, 3.8) is 0 Å². The Morgan fingerprint density at radius 3 is 2.81 bits per heavy atom. The average Bonchev–Trinajstić information content (AvgIpc) is 2.45. The molecule has 1 heterocycles. The van der Waals surface area contributed by atoms with Crippen LogP contribution in [0.15, 0.2) is 17.3 Å². The molecule has 0 aliphatic heterocycles. The average molecular weight is 297 g/mol. The molecular formula is C12H19N5O4. The van der Waals surface area contributed by atoms with Gasteiger partial charge < -0.3 is 20.6 Å². The largest absolute Gasteiger partial charge is 0.409 e. The summed E-state index contributed by atoms with van der Waals surface area (Å²) < 4.78 is 5.43. The number of hydrogen-bond acceptors (Lipinski definition) is 7. The van der Waals surface area contributed by atoms with Crippen molar-refractivity contribution in [1.29, 1.82) is 0 Å². The van der Waals surface area contributed by atoms with Crippen LogP contribution in [0.2, 0.25) is 0 Å². The van der Waals surface area contributed by atoms with Crippen molar-refractivity contribution in [2.24, 2.45) is 10.9 Å². The molecule has 0 aliphatic rings. The van der Waals surface area contributed by atoms with Gasteiger partial charge in [-0.2, -0.15) is 0 Å². The van der Waals surface area contributed by atoms with Crippen molar-refractivity contribution in [1.82, 2.24) is 4.98 Å². The Balaban J connectivity index is 2.97. The second-order valence-electron chi connectivity index (χ2n) is 4.62. The maximum Gasteiger partial charge on any atom is 0.298 e. The number of pyridine rings is 1. The van der Waals surface area contributed by atoms with Crippen molar-refractivity contribution in [3.8, 4) is 0 Å². The zero-order valence-electron chi connectivity index (χ0n) is 12.2. The van der Waals surface area contributed by atoms with Gasteiger partial charge in [-0.1, -0.05) is 5.16 Å². The molecular weight excluding hydrogens is 278 g/mol. The fourth-order valence-electron chi connectivity index (χ4n) is 1.58. The van der Waals surface area contributed by atoms with E-state index in [1.807, 2.05) is 13.8 Å². The third kappa shape index (κ3) is 4.56. The van der Waals surface area contributed by atoms with Crippen LogP contribution in [0.5, 0.6) is 0 Å². The lowest BCUT2D eigenvalue weighted by atomic mass is 10.2. The Kier molecular flexibility index (Phi) is 5.85. The summed E-state index contributed by atoms with van der Waals surface area (Å²) in [5.41, 5.74) is 4.94. The molecule has 0 amide bonds. The number of ether oxygens (including phenoxy) is 1. The van der Waals surface area contributed by atoms with E-state index in [-0.39, 0.29) is 17.5 Å². The van der Waals surface area contributed by atoms with Gasteiger partial charge in [0.2, 0.25) is 0 Å². The minimum Gasteiger partial charge on any atom is -0.409 e. The summed E-state index contributed by atoms with van der Waals surface area (Å²) in [6.07, 6.45) is 0.121. The number of amidine groups is 1. The Morgan fingerprint density at radius 2 is 2.29 bits per heavy atom. The van der Waals surface area contributed by atoms with Gasteiger partial charge in [-0.3, -0.25) is 10.1 Å². The standard InChI is InChI=1S/C12H19N5O4/c1-8(2)21-7-6-16(3)10-5-4-9(17(19)20)11(14-10)12(13)15-18/h4-5,8,18H,6-7H2,1-3H3,(H2,13,15). The molecule has 0 saturated heterocycles. The number of hydrogen-bond donors (Lipinski definition) is 2. The normalized spacial score (nSPS) is 11.7. The highest BCUT2D eigenvalue weighted by molar-refractivity contribution is 5.99. The predicted molar refractivity (Wildman–Crippen MR) is 77.8 cm³/mol. The Labute approximate surface area is 122 Å². The molecule has 0 spiro atoms. The summed E-state index contributed by atoms with van der Waals surface area (Å²) in [6.45, 7) is 4.91. The summed E-state index contributed by atoms with van der Waals surface area (Å²) in [4.78, 5) is 16.1. The number of aromatic nitrogens is 1. The fraction of sp³-hybridized carbons (Fsp3) is 0.500. The topological polar surface area (TPSA) is 127 Å². The lowest BCUT2D eigenvalue weighted by Crippen LogP contribution is -2.26. The van der Waals surface area contributed by atoms with Crippen molar-refractivity contribution in [2.45, 2.75) is 20.0 Å². The molecule has 0 aliphatic carbocycles. The molecule has 0 fully saturated rings. The van der Waals surface area contributed by atoms with E-state index >= 15 is 0 Å².